The lowest BCUT2D eigenvalue weighted by molar-refractivity contribution is -0.142. The zero-order chi connectivity index (χ0) is 12.1. The number of nitrogens with zero attached hydrogens (tertiary/aromatic N) is 2. The van der Waals surface area contributed by atoms with E-state index >= 15 is 0 Å². The van der Waals surface area contributed by atoms with E-state index in [-0.39, 0.29) is 31.0 Å². The fourth-order valence-corrected chi connectivity index (χ4v) is 1.82. The summed E-state index contributed by atoms with van der Waals surface area (Å²) < 4.78 is 0. The van der Waals surface area contributed by atoms with Crippen molar-refractivity contribution >= 4 is 11.8 Å². The van der Waals surface area contributed by atoms with Gasteiger partial charge >= 0.3 is 0 Å². The first-order chi connectivity index (χ1) is 7.56. The lowest BCUT2D eigenvalue weighted by Crippen LogP contribution is -2.44. The SMILES string of the molecule is CC(C)N(CCO)CC(=O)N1CCCC1=O. The number of hydrogen-bond donors (Lipinski definition) is 1. The predicted molar refractivity (Wildman–Crippen MR) is 59.7 cm³/mol. The Labute approximate surface area is 96.0 Å². The molecule has 1 heterocycles. The molecule has 0 aromatic rings. The van der Waals surface area contributed by atoms with Gasteiger partial charge in [-0.3, -0.25) is 19.4 Å². The minimum atomic E-state index is -0.148. The molecule has 5 heteroatoms. The van der Waals surface area contributed by atoms with Gasteiger partial charge in [-0.2, -0.15) is 0 Å². The second-order valence-corrected chi connectivity index (χ2v) is 4.33. The molecule has 1 saturated heterocycles. The maximum atomic E-state index is 11.8. The van der Waals surface area contributed by atoms with E-state index in [1.54, 1.807) is 0 Å². The monoisotopic (exact) mass is 228 g/mol. The molecular formula is C11H20N2O3. The molecule has 0 atom stereocenters. The second-order valence-electron chi connectivity index (χ2n) is 4.33. The van der Waals surface area contributed by atoms with Crippen LogP contribution >= 0.6 is 0 Å². The van der Waals surface area contributed by atoms with Gasteiger partial charge in [-0.1, -0.05) is 0 Å². The van der Waals surface area contributed by atoms with E-state index in [1.807, 2.05) is 18.7 Å². The highest BCUT2D eigenvalue weighted by Gasteiger charge is 2.27. The summed E-state index contributed by atoms with van der Waals surface area (Å²) in [5, 5.41) is 8.88. The van der Waals surface area contributed by atoms with E-state index in [0.29, 0.717) is 19.5 Å². The van der Waals surface area contributed by atoms with Crippen LogP contribution in [0.4, 0.5) is 0 Å². The largest absolute Gasteiger partial charge is 0.395 e. The third-order valence-corrected chi connectivity index (χ3v) is 2.83. The quantitative estimate of drug-likeness (QED) is 0.710. The Morgan fingerprint density at radius 2 is 2.25 bits per heavy atom. The summed E-state index contributed by atoms with van der Waals surface area (Å²) >= 11 is 0. The van der Waals surface area contributed by atoms with Gasteiger partial charge < -0.3 is 5.11 Å². The minimum Gasteiger partial charge on any atom is -0.395 e. The molecule has 0 aromatic heterocycles. The summed E-state index contributed by atoms with van der Waals surface area (Å²) in [4.78, 5) is 26.4. The van der Waals surface area contributed by atoms with E-state index in [0.717, 1.165) is 6.42 Å². The van der Waals surface area contributed by atoms with Crippen LogP contribution in [-0.2, 0) is 9.59 Å². The van der Waals surface area contributed by atoms with Crippen molar-refractivity contribution in [2.24, 2.45) is 0 Å². The molecule has 2 amide bonds. The van der Waals surface area contributed by atoms with Crippen LogP contribution in [0.25, 0.3) is 0 Å². The Kier molecular flexibility index (Phi) is 4.89. The number of likely N-dealkylation sites (tertiary alicyclic amines) is 1. The van der Waals surface area contributed by atoms with E-state index in [9.17, 15) is 9.59 Å². The lowest BCUT2D eigenvalue weighted by Gasteiger charge is -2.26. The summed E-state index contributed by atoms with van der Waals surface area (Å²) in [6.45, 7) is 5.18. The summed E-state index contributed by atoms with van der Waals surface area (Å²) in [5.41, 5.74) is 0. The molecule has 0 unspecified atom stereocenters. The fraction of sp³-hybridized carbons (Fsp3) is 0.818. The summed E-state index contributed by atoms with van der Waals surface area (Å²) in [6, 6.07) is 0.189. The van der Waals surface area contributed by atoms with Gasteiger partial charge in [0.25, 0.3) is 0 Å². The predicted octanol–water partition coefficient (Wildman–Crippen LogP) is -0.162. The van der Waals surface area contributed by atoms with Crippen LogP contribution in [0.2, 0.25) is 0 Å². The van der Waals surface area contributed by atoms with Crippen LogP contribution in [0.3, 0.4) is 0 Å². The Hall–Kier alpha value is -0.940. The standard InChI is InChI=1S/C11H20N2O3/c1-9(2)12(6-7-14)8-11(16)13-5-3-4-10(13)15/h9,14H,3-8H2,1-2H3. The number of aliphatic hydroxyl groups is 1. The summed E-state index contributed by atoms with van der Waals surface area (Å²) in [6.07, 6.45) is 1.25. The molecule has 1 aliphatic rings. The molecule has 1 fully saturated rings. The first-order valence-electron chi connectivity index (χ1n) is 5.74. The van der Waals surface area contributed by atoms with Gasteiger partial charge in [-0.25, -0.2) is 0 Å². The van der Waals surface area contributed by atoms with Crippen LogP contribution in [0.15, 0.2) is 0 Å². The third-order valence-electron chi connectivity index (χ3n) is 2.83. The van der Waals surface area contributed by atoms with Gasteiger partial charge in [-0.15, -0.1) is 0 Å². The average molecular weight is 228 g/mol. The molecule has 0 aliphatic carbocycles. The van der Waals surface area contributed by atoms with Gasteiger partial charge in [0, 0.05) is 25.6 Å². The zero-order valence-electron chi connectivity index (χ0n) is 9.98. The van der Waals surface area contributed by atoms with Gasteiger partial charge in [0.05, 0.1) is 13.2 Å². The fourth-order valence-electron chi connectivity index (χ4n) is 1.82. The normalized spacial score (nSPS) is 16.6. The molecular weight excluding hydrogens is 208 g/mol. The Balaban J connectivity index is 2.50. The molecule has 0 radical (unpaired) electrons. The van der Waals surface area contributed by atoms with Crippen LogP contribution in [-0.4, -0.2) is 59.0 Å². The molecule has 5 nitrogen and oxygen atoms in total. The molecule has 1 rings (SSSR count). The Morgan fingerprint density at radius 3 is 2.69 bits per heavy atom. The van der Waals surface area contributed by atoms with Gasteiger partial charge in [0.15, 0.2) is 0 Å². The number of rotatable bonds is 5. The van der Waals surface area contributed by atoms with E-state index in [2.05, 4.69) is 0 Å². The molecule has 0 bridgehead atoms. The van der Waals surface area contributed by atoms with Crippen molar-refractivity contribution in [1.29, 1.82) is 0 Å². The maximum Gasteiger partial charge on any atom is 0.243 e. The van der Waals surface area contributed by atoms with Crippen molar-refractivity contribution < 1.29 is 14.7 Å². The van der Waals surface area contributed by atoms with E-state index in [1.165, 1.54) is 4.90 Å². The molecule has 1 N–H and O–H groups in total. The maximum absolute atomic E-state index is 11.8. The summed E-state index contributed by atoms with van der Waals surface area (Å²) in [7, 11) is 0. The number of aliphatic hydroxyl groups excluding tert-OH is 1. The van der Waals surface area contributed by atoms with E-state index in [4.69, 9.17) is 5.11 Å². The third kappa shape index (κ3) is 3.28. The van der Waals surface area contributed by atoms with Crippen LogP contribution in [0.1, 0.15) is 26.7 Å². The smallest absolute Gasteiger partial charge is 0.243 e. The van der Waals surface area contributed by atoms with Crippen molar-refractivity contribution in [2.45, 2.75) is 32.7 Å². The second kappa shape index (κ2) is 5.96. The molecule has 0 saturated carbocycles. The number of hydrogen-bond acceptors (Lipinski definition) is 4. The Morgan fingerprint density at radius 1 is 1.56 bits per heavy atom. The highest BCUT2D eigenvalue weighted by molar-refractivity contribution is 5.97. The first kappa shape index (κ1) is 13.1. The molecule has 16 heavy (non-hydrogen) atoms. The topological polar surface area (TPSA) is 60.9 Å². The van der Waals surface area contributed by atoms with Crippen molar-refractivity contribution in [3.8, 4) is 0 Å². The van der Waals surface area contributed by atoms with Crippen molar-refractivity contribution in [3.05, 3.63) is 0 Å². The highest BCUT2D eigenvalue weighted by atomic mass is 16.3. The number of amides is 2. The first-order valence-corrected chi connectivity index (χ1v) is 5.74. The lowest BCUT2D eigenvalue weighted by atomic mass is 10.3. The van der Waals surface area contributed by atoms with Crippen LogP contribution in [0.5, 0.6) is 0 Å². The van der Waals surface area contributed by atoms with Crippen molar-refractivity contribution in [3.63, 3.8) is 0 Å². The molecule has 1 aliphatic heterocycles. The number of carbonyl (C=O) groups excluding carboxylic acids is 2. The Bertz CT molecular complexity index is 266. The molecule has 0 spiro atoms. The zero-order valence-corrected chi connectivity index (χ0v) is 9.98. The highest BCUT2D eigenvalue weighted by Crippen LogP contribution is 2.10. The average Bonchev–Trinajstić information content (AvgIpc) is 2.63. The van der Waals surface area contributed by atoms with Crippen molar-refractivity contribution in [1.82, 2.24) is 9.80 Å². The van der Waals surface area contributed by atoms with Crippen LogP contribution in [0, 0.1) is 0 Å². The summed E-state index contributed by atoms with van der Waals surface area (Å²) in [5.74, 6) is -0.220. The van der Waals surface area contributed by atoms with Crippen LogP contribution < -0.4 is 0 Å². The minimum absolute atomic E-state index is 0.0272. The van der Waals surface area contributed by atoms with Gasteiger partial charge in [0.1, 0.15) is 0 Å². The van der Waals surface area contributed by atoms with E-state index < -0.39 is 0 Å². The number of imide groups is 1. The van der Waals surface area contributed by atoms with Gasteiger partial charge in [-0.05, 0) is 20.3 Å². The molecule has 92 valence electrons. The molecule has 0 aromatic carbocycles. The van der Waals surface area contributed by atoms with Gasteiger partial charge in [0.2, 0.25) is 11.8 Å². The van der Waals surface area contributed by atoms with Crippen molar-refractivity contribution in [2.75, 3.05) is 26.2 Å². The number of carbonyl (C=O) groups is 2.